The predicted molar refractivity (Wildman–Crippen MR) is 120 cm³/mol. The molecule has 0 unspecified atom stereocenters. The number of aromatic amines is 1. The number of benzene rings is 2. The lowest BCUT2D eigenvalue weighted by atomic mass is 10.0. The van der Waals surface area contributed by atoms with Crippen molar-refractivity contribution < 1.29 is 14.3 Å². The maximum absolute atomic E-state index is 13.1. The number of rotatable bonds is 7. The topological polar surface area (TPSA) is 83.2 Å². The van der Waals surface area contributed by atoms with Crippen molar-refractivity contribution in [1.82, 2.24) is 10.3 Å². The standard InChI is InChI=1S/C24H29N3O3/c1-15(2)14-30-24(29)27-22(12-18-13-25-21-8-6-5-7-19(18)21)23(28)26-20-10-9-16(3)11-17(20)4/h5-11,13,15,22,25H,12,14H2,1-4H3,(H,26,28)(H,27,29)/t22-/m0/s1. The number of hydrogen-bond donors (Lipinski definition) is 3. The SMILES string of the molecule is Cc1ccc(NC(=O)[C@H](Cc2c[nH]c3ccccc23)NC(=O)OCC(C)C)c(C)c1. The lowest BCUT2D eigenvalue weighted by Crippen LogP contribution is -2.45. The molecule has 3 N–H and O–H groups in total. The summed E-state index contributed by atoms with van der Waals surface area (Å²) in [6, 6.07) is 12.9. The van der Waals surface area contributed by atoms with Gasteiger partial charge in [-0.15, -0.1) is 0 Å². The molecule has 3 rings (SSSR count). The van der Waals surface area contributed by atoms with E-state index in [1.807, 2.05) is 76.4 Å². The molecule has 30 heavy (non-hydrogen) atoms. The number of aryl methyl sites for hydroxylation is 2. The van der Waals surface area contributed by atoms with Crippen molar-refractivity contribution >= 4 is 28.6 Å². The second kappa shape index (κ2) is 9.48. The molecule has 0 aliphatic rings. The summed E-state index contributed by atoms with van der Waals surface area (Å²) in [4.78, 5) is 28.6. The van der Waals surface area contributed by atoms with Crippen LogP contribution in [-0.4, -0.2) is 29.6 Å². The third-order valence-electron chi connectivity index (χ3n) is 4.90. The monoisotopic (exact) mass is 407 g/mol. The van der Waals surface area contributed by atoms with Crippen LogP contribution in [0.5, 0.6) is 0 Å². The van der Waals surface area contributed by atoms with Gasteiger partial charge in [-0.1, -0.05) is 49.7 Å². The number of hydrogen-bond acceptors (Lipinski definition) is 3. The van der Waals surface area contributed by atoms with Crippen molar-refractivity contribution in [2.24, 2.45) is 5.92 Å². The highest BCUT2D eigenvalue weighted by atomic mass is 16.5. The van der Waals surface area contributed by atoms with E-state index in [1.165, 1.54) is 0 Å². The van der Waals surface area contributed by atoms with Crippen LogP contribution in [0.4, 0.5) is 10.5 Å². The van der Waals surface area contributed by atoms with Crippen LogP contribution in [0.3, 0.4) is 0 Å². The first-order valence-electron chi connectivity index (χ1n) is 10.2. The normalized spacial score (nSPS) is 12.0. The van der Waals surface area contributed by atoms with E-state index < -0.39 is 12.1 Å². The highest BCUT2D eigenvalue weighted by molar-refractivity contribution is 5.97. The lowest BCUT2D eigenvalue weighted by molar-refractivity contribution is -0.118. The minimum Gasteiger partial charge on any atom is -0.449 e. The van der Waals surface area contributed by atoms with Crippen molar-refractivity contribution in [1.29, 1.82) is 0 Å². The van der Waals surface area contributed by atoms with Gasteiger partial charge in [-0.25, -0.2) is 4.79 Å². The number of carbonyl (C=O) groups is 2. The molecule has 1 heterocycles. The molecular weight excluding hydrogens is 378 g/mol. The van der Waals surface area contributed by atoms with Gasteiger partial charge in [-0.3, -0.25) is 4.79 Å². The molecule has 6 heteroatoms. The summed E-state index contributed by atoms with van der Waals surface area (Å²) >= 11 is 0. The molecule has 0 saturated heterocycles. The first-order valence-corrected chi connectivity index (χ1v) is 10.2. The third-order valence-corrected chi connectivity index (χ3v) is 4.90. The van der Waals surface area contributed by atoms with Crippen LogP contribution in [0.25, 0.3) is 10.9 Å². The molecule has 0 aliphatic heterocycles. The van der Waals surface area contributed by atoms with Gasteiger partial charge in [0.25, 0.3) is 0 Å². The van der Waals surface area contributed by atoms with Gasteiger partial charge in [0.15, 0.2) is 0 Å². The van der Waals surface area contributed by atoms with Gasteiger partial charge in [0, 0.05) is 29.2 Å². The zero-order valence-corrected chi connectivity index (χ0v) is 17.9. The average molecular weight is 408 g/mol. The molecule has 0 bridgehead atoms. The molecule has 3 aromatic rings. The number of fused-ring (bicyclic) bond motifs is 1. The predicted octanol–water partition coefficient (Wildman–Crippen LogP) is 4.72. The van der Waals surface area contributed by atoms with Gasteiger partial charge in [-0.05, 0) is 43.0 Å². The van der Waals surface area contributed by atoms with E-state index in [2.05, 4.69) is 15.6 Å². The first-order chi connectivity index (χ1) is 14.3. The van der Waals surface area contributed by atoms with Gasteiger partial charge in [0.1, 0.15) is 6.04 Å². The average Bonchev–Trinajstić information content (AvgIpc) is 3.11. The van der Waals surface area contributed by atoms with Crippen molar-refractivity contribution in [3.8, 4) is 0 Å². The van der Waals surface area contributed by atoms with Crippen LogP contribution in [0.15, 0.2) is 48.7 Å². The fourth-order valence-corrected chi connectivity index (χ4v) is 3.33. The van der Waals surface area contributed by atoms with Crippen LogP contribution in [0.2, 0.25) is 0 Å². The van der Waals surface area contributed by atoms with E-state index in [4.69, 9.17) is 4.74 Å². The largest absolute Gasteiger partial charge is 0.449 e. The van der Waals surface area contributed by atoms with Crippen LogP contribution in [0, 0.1) is 19.8 Å². The summed E-state index contributed by atoms with van der Waals surface area (Å²) in [5, 5.41) is 6.71. The Labute approximate surface area is 177 Å². The molecule has 0 radical (unpaired) electrons. The number of alkyl carbamates (subject to hydrolysis) is 1. The van der Waals surface area contributed by atoms with E-state index >= 15 is 0 Å². The molecule has 158 valence electrons. The Morgan fingerprint density at radius 2 is 1.87 bits per heavy atom. The van der Waals surface area contributed by atoms with Gasteiger partial charge < -0.3 is 20.4 Å². The van der Waals surface area contributed by atoms with Crippen molar-refractivity contribution in [2.75, 3.05) is 11.9 Å². The Balaban J connectivity index is 1.80. The minimum absolute atomic E-state index is 0.215. The summed E-state index contributed by atoms with van der Waals surface area (Å²) in [5.41, 5.74) is 4.76. The van der Waals surface area contributed by atoms with Crippen LogP contribution in [0.1, 0.15) is 30.5 Å². The molecular formula is C24H29N3O3. The smallest absolute Gasteiger partial charge is 0.407 e. The second-order valence-corrected chi connectivity index (χ2v) is 8.06. The Morgan fingerprint density at radius 1 is 1.10 bits per heavy atom. The fourth-order valence-electron chi connectivity index (χ4n) is 3.33. The van der Waals surface area contributed by atoms with E-state index in [-0.39, 0.29) is 11.8 Å². The number of para-hydroxylation sites is 1. The summed E-state index contributed by atoms with van der Waals surface area (Å²) in [7, 11) is 0. The molecule has 2 aromatic carbocycles. The maximum atomic E-state index is 13.1. The number of aromatic nitrogens is 1. The highest BCUT2D eigenvalue weighted by Gasteiger charge is 2.24. The number of nitrogens with one attached hydrogen (secondary N) is 3. The number of ether oxygens (including phenoxy) is 1. The number of amides is 2. The summed E-state index contributed by atoms with van der Waals surface area (Å²) in [6.45, 7) is 8.17. The van der Waals surface area contributed by atoms with Crippen LogP contribution in [-0.2, 0) is 16.0 Å². The molecule has 0 aliphatic carbocycles. The number of anilines is 1. The molecule has 1 atom stereocenters. The summed E-state index contributed by atoms with van der Waals surface area (Å²) < 4.78 is 5.24. The maximum Gasteiger partial charge on any atom is 0.407 e. The zero-order chi connectivity index (χ0) is 21.7. The minimum atomic E-state index is -0.774. The Kier molecular flexibility index (Phi) is 6.77. The van der Waals surface area contributed by atoms with E-state index in [0.29, 0.717) is 13.0 Å². The van der Waals surface area contributed by atoms with Crippen LogP contribution >= 0.6 is 0 Å². The number of H-pyrrole nitrogens is 1. The van der Waals surface area contributed by atoms with E-state index in [0.717, 1.165) is 33.3 Å². The first kappa shape index (κ1) is 21.4. The molecule has 6 nitrogen and oxygen atoms in total. The highest BCUT2D eigenvalue weighted by Crippen LogP contribution is 2.21. The molecule has 0 fully saturated rings. The fraction of sp³-hybridized carbons (Fsp3) is 0.333. The van der Waals surface area contributed by atoms with Crippen molar-refractivity contribution in [2.45, 2.75) is 40.2 Å². The van der Waals surface area contributed by atoms with Crippen LogP contribution < -0.4 is 10.6 Å². The van der Waals surface area contributed by atoms with E-state index in [1.54, 1.807) is 0 Å². The molecule has 2 amide bonds. The molecule has 0 spiro atoms. The molecule has 1 aromatic heterocycles. The third kappa shape index (κ3) is 5.41. The van der Waals surface area contributed by atoms with Gasteiger partial charge in [0.05, 0.1) is 6.61 Å². The summed E-state index contributed by atoms with van der Waals surface area (Å²) in [6.07, 6.45) is 1.63. The number of carbonyl (C=O) groups excluding carboxylic acids is 2. The van der Waals surface area contributed by atoms with Gasteiger partial charge >= 0.3 is 6.09 Å². The molecule has 0 saturated carbocycles. The van der Waals surface area contributed by atoms with Gasteiger partial charge in [0.2, 0.25) is 5.91 Å². The van der Waals surface area contributed by atoms with E-state index in [9.17, 15) is 9.59 Å². The second-order valence-electron chi connectivity index (χ2n) is 8.06. The van der Waals surface area contributed by atoms with Gasteiger partial charge in [-0.2, -0.15) is 0 Å². The summed E-state index contributed by atoms with van der Waals surface area (Å²) in [5.74, 6) is -0.0689. The Bertz CT molecular complexity index is 1040. The quantitative estimate of drug-likeness (QED) is 0.530. The lowest BCUT2D eigenvalue weighted by Gasteiger charge is -2.19. The van der Waals surface area contributed by atoms with Crippen molar-refractivity contribution in [3.05, 3.63) is 65.4 Å². The Hall–Kier alpha value is -3.28. The Morgan fingerprint density at radius 3 is 2.60 bits per heavy atom. The zero-order valence-electron chi connectivity index (χ0n) is 17.9. The van der Waals surface area contributed by atoms with Crippen molar-refractivity contribution in [3.63, 3.8) is 0 Å².